The number of benzene rings is 2. The summed E-state index contributed by atoms with van der Waals surface area (Å²) in [7, 11) is 0. The van der Waals surface area contributed by atoms with Crippen LogP contribution in [0.4, 0.5) is 0 Å². The van der Waals surface area contributed by atoms with Crippen LogP contribution in [0, 0.1) is 13.8 Å². The normalized spacial score (nSPS) is 8.19. The van der Waals surface area contributed by atoms with Crippen LogP contribution in [-0.2, 0) is 0 Å². The average molecular weight is 305 g/mol. The predicted octanol–water partition coefficient (Wildman–Crippen LogP) is 7.53. The molecule has 118 valence electrons. The fraction of sp³-hybridized carbons (Fsp3) is 0.400. The summed E-state index contributed by atoms with van der Waals surface area (Å²) in [5.41, 5.74) is 2.63. The van der Waals surface area contributed by atoms with Gasteiger partial charge in [0.2, 0.25) is 0 Å². The Kier molecular flexibility index (Phi) is 16.0. The van der Waals surface area contributed by atoms with Crippen molar-refractivity contribution in [2.75, 3.05) is 0 Å². The lowest BCUT2D eigenvalue weighted by atomic mass is 10.2. The minimum atomic E-state index is 1.31. The molecule has 1 heteroatoms. The van der Waals surface area contributed by atoms with Gasteiger partial charge < -0.3 is 0 Å². The maximum Gasteiger partial charge on any atom is 0.0124 e. The van der Waals surface area contributed by atoms with Crippen molar-refractivity contribution in [1.29, 1.82) is 0 Å². The van der Waals surface area contributed by atoms with Crippen molar-refractivity contribution in [3.05, 3.63) is 59.7 Å². The maximum absolute atomic E-state index is 2.22. The van der Waals surface area contributed by atoms with E-state index in [4.69, 9.17) is 0 Å². The van der Waals surface area contributed by atoms with Crippen LogP contribution in [-0.4, -0.2) is 0 Å². The smallest absolute Gasteiger partial charge is 0.0124 e. The van der Waals surface area contributed by atoms with Crippen molar-refractivity contribution in [2.45, 2.75) is 65.2 Å². The molecule has 0 radical (unpaired) electrons. The van der Waals surface area contributed by atoms with E-state index in [0.29, 0.717) is 0 Å². The maximum atomic E-state index is 2.22. The third-order valence-corrected chi connectivity index (χ3v) is 3.19. The first-order valence-electron chi connectivity index (χ1n) is 8.05. The molecule has 0 unspecified atom stereocenters. The third kappa shape index (κ3) is 10.2. The zero-order chi connectivity index (χ0) is 16.7. The van der Waals surface area contributed by atoms with Gasteiger partial charge in [0.25, 0.3) is 0 Å². The number of hydrogen-bond donors (Lipinski definition) is 0. The molecular weight excluding hydrogens is 272 g/mol. The molecule has 2 rings (SSSR count). The first-order chi connectivity index (χ1) is 10.2. The van der Waals surface area contributed by atoms with E-state index in [9.17, 15) is 0 Å². The van der Waals surface area contributed by atoms with Crippen LogP contribution < -0.4 is 0 Å². The van der Waals surface area contributed by atoms with Crippen LogP contribution in [0.2, 0.25) is 0 Å². The second kappa shape index (κ2) is 15.2. The van der Waals surface area contributed by atoms with E-state index in [1.54, 1.807) is 0 Å². The highest BCUT2D eigenvalue weighted by Gasteiger charge is 1.97. The molecule has 0 saturated carbocycles. The highest BCUT2D eigenvalue weighted by atomic mass is 32.2. The van der Waals surface area contributed by atoms with Gasteiger partial charge in [-0.3, -0.25) is 0 Å². The summed E-state index contributed by atoms with van der Waals surface area (Å²) in [4.78, 5) is 2.61. The summed E-state index contributed by atoms with van der Waals surface area (Å²) >= 11 is 1.82. The molecule has 0 spiro atoms. The Balaban J connectivity index is 0. The van der Waals surface area contributed by atoms with Crippen molar-refractivity contribution in [1.82, 2.24) is 0 Å². The Labute approximate surface area is 137 Å². The second-order valence-electron chi connectivity index (χ2n) is 3.74. The molecule has 0 N–H and O–H groups in total. The lowest BCUT2D eigenvalue weighted by Crippen LogP contribution is -1.77. The standard InChI is InChI=1S/C14H14S.3C2H6/c1-11-5-3-7-13(9-11)15-14-8-4-6-12(2)10-14;3*1-2/h3-10H,1-2H3;3*1-2H3. The summed E-state index contributed by atoms with van der Waals surface area (Å²) in [6.07, 6.45) is 0. The van der Waals surface area contributed by atoms with Crippen LogP contribution in [0.1, 0.15) is 52.7 Å². The summed E-state index contributed by atoms with van der Waals surface area (Å²) in [6.45, 7) is 16.3. The van der Waals surface area contributed by atoms with E-state index < -0.39 is 0 Å². The fourth-order valence-electron chi connectivity index (χ4n) is 1.49. The van der Waals surface area contributed by atoms with E-state index in [1.165, 1.54) is 20.9 Å². The van der Waals surface area contributed by atoms with Gasteiger partial charge in [-0.15, -0.1) is 0 Å². The van der Waals surface area contributed by atoms with Gasteiger partial charge in [-0.25, -0.2) is 0 Å². The molecule has 0 amide bonds. The fourth-order valence-corrected chi connectivity index (χ4v) is 2.55. The van der Waals surface area contributed by atoms with Crippen LogP contribution >= 0.6 is 11.8 Å². The first-order valence-corrected chi connectivity index (χ1v) is 8.87. The zero-order valence-corrected chi connectivity index (χ0v) is 15.8. The Morgan fingerprint density at radius 1 is 0.571 bits per heavy atom. The van der Waals surface area contributed by atoms with E-state index >= 15 is 0 Å². The van der Waals surface area contributed by atoms with Crippen LogP contribution in [0.25, 0.3) is 0 Å². The molecule has 0 nitrogen and oxygen atoms in total. The Bertz CT molecular complexity index is 417. The molecule has 0 saturated heterocycles. The first kappa shape index (κ1) is 22.1. The van der Waals surface area contributed by atoms with Gasteiger partial charge in [-0.1, -0.05) is 88.7 Å². The van der Waals surface area contributed by atoms with Crippen LogP contribution in [0.5, 0.6) is 0 Å². The van der Waals surface area contributed by atoms with Crippen LogP contribution in [0.3, 0.4) is 0 Å². The number of rotatable bonds is 2. The van der Waals surface area contributed by atoms with Gasteiger partial charge in [-0.2, -0.15) is 0 Å². The van der Waals surface area contributed by atoms with Gasteiger partial charge in [0, 0.05) is 9.79 Å². The Hall–Kier alpha value is -1.21. The topological polar surface area (TPSA) is 0 Å². The monoisotopic (exact) mass is 304 g/mol. The summed E-state index contributed by atoms with van der Waals surface area (Å²) < 4.78 is 0. The molecule has 2 aromatic carbocycles. The minimum absolute atomic E-state index is 1.31. The summed E-state index contributed by atoms with van der Waals surface area (Å²) in [5.74, 6) is 0. The van der Waals surface area contributed by atoms with Gasteiger partial charge >= 0.3 is 0 Å². The number of hydrogen-bond acceptors (Lipinski definition) is 1. The largest absolute Gasteiger partial charge is 0.0901 e. The lowest BCUT2D eigenvalue weighted by molar-refractivity contribution is 1.33. The van der Waals surface area contributed by atoms with Crippen molar-refractivity contribution in [2.24, 2.45) is 0 Å². The average Bonchev–Trinajstić information content (AvgIpc) is 2.53. The molecule has 0 heterocycles. The van der Waals surface area contributed by atoms with E-state index in [1.807, 2.05) is 53.3 Å². The van der Waals surface area contributed by atoms with Crippen LogP contribution in [0.15, 0.2) is 58.3 Å². The molecule has 0 aliphatic carbocycles. The van der Waals surface area contributed by atoms with Gasteiger partial charge in [0.15, 0.2) is 0 Å². The van der Waals surface area contributed by atoms with Gasteiger partial charge in [0.1, 0.15) is 0 Å². The van der Waals surface area contributed by atoms with E-state index in [-0.39, 0.29) is 0 Å². The van der Waals surface area contributed by atoms with Crippen molar-refractivity contribution < 1.29 is 0 Å². The van der Waals surface area contributed by atoms with E-state index in [0.717, 1.165) is 0 Å². The molecule has 2 aromatic rings. The Morgan fingerprint density at radius 2 is 0.905 bits per heavy atom. The molecule has 0 aromatic heterocycles. The summed E-state index contributed by atoms with van der Waals surface area (Å²) in [6, 6.07) is 17.2. The Morgan fingerprint density at radius 3 is 1.19 bits per heavy atom. The second-order valence-corrected chi connectivity index (χ2v) is 4.88. The molecule has 0 atom stereocenters. The van der Waals surface area contributed by atoms with Crippen molar-refractivity contribution in [3.63, 3.8) is 0 Å². The van der Waals surface area contributed by atoms with Gasteiger partial charge in [0.05, 0.1) is 0 Å². The van der Waals surface area contributed by atoms with Crippen molar-refractivity contribution >= 4 is 11.8 Å². The number of aryl methyl sites for hydroxylation is 2. The lowest BCUT2D eigenvalue weighted by Gasteiger charge is -2.03. The highest BCUT2D eigenvalue weighted by molar-refractivity contribution is 7.99. The minimum Gasteiger partial charge on any atom is -0.0901 e. The molecule has 0 fully saturated rings. The molecule has 21 heavy (non-hydrogen) atoms. The zero-order valence-electron chi connectivity index (χ0n) is 15.0. The molecule has 0 bridgehead atoms. The SMILES string of the molecule is CC.CC.CC.Cc1cccc(Sc2cccc(C)c2)c1. The third-order valence-electron chi connectivity index (χ3n) is 2.21. The quantitative estimate of drug-likeness (QED) is 0.552. The van der Waals surface area contributed by atoms with E-state index in [2.05, 4.69) is 62.4 Å². The highest BCUT2D eigenvalue weighted by Crippen LogP contribution is 2.28. The van der Waals surface area contributed by atoms with Crippen molar-refractivity contribution in [3.8, 4) is 0 Å². The molecular formula is C20H32S. The van der Waals surface area contributed by atoms with Gasteiger partial charge in [-0.05, 0) is 38.1 Å². The molecule has 0 aliphatic heterocycles. The molecule has 0 aliphatic rings. The predicted molar refractivity (Wildman–Crippen MR) is 101 cm³/mol. The summed E-state index contributed by atoms with van der Waals surface area (Å²) in [5, 5.41) is 0.